The number of thiazole rings is 1. The fourth-order valence-corrected chi connectivity index (χ4v) is 3.77. The van der Waals surface area contributed by atoms with Gasteiger partial charge in [0.1, 0.15) is 5.01 Å². The molecule has 20 heavy (non-hydrogen) atoms. The zero-order valence-electron chi connectivity index (χ0n) is 10.8. The van der Waals surface area contributed by atoms with Gasteiger partial charge in [-0.3, -0.25) is 9.97 Å². The van der Waals surface area contributed by atoms with E-state index in [0.29, 0.717) is 0 Å². The predicted octanol–water partition coefficient (Wildman–Crippen LogP) is 3.12. The smallest absolute Gasteiger partial charge is 0.124 e. The van der Waals surface area contributed by atoms with Gasteiger partial charge in [0.15, 0.2) is 0 Å². The summed E-state index contributed by atoms with van der Waals surface area (Å²) in [4.78, 5) is 14.5. The van der Waals surface area contributed by atoms with E-state index in [4.69, 9.17) is 0 Å². The van der Waals surface area contributed by atoms with Gasteiger partial charge in [-0.25, -0.2) is 4.98 Å². The molecule has 4 rings (SSSR count). The zero-order valence-corrected chi connectivity index (χ0v) is 11.6. The first-order valence-electron chi connectivity index (χ1n) is 6.70. The highest BCUT2D eigenvalue weighted by Crippen LogP contribution is 2.37. The Morgan fingerprint density at radius 2 is 2.00 bits per heavy atom. The van der Waals surface area contributed by atoms with Crippen LogP contribution < -0.4 is 0 Å². The van der Waals surface area contributed by atoms with Gasteiger partial charge in [0, 0.05) is 22.8 Å². The van der Waals surface area contributed by atoms with Crippen molar-refractivity contribution in [3.8, 4) is 10.6 Å². The Balaban J connectivity index is 1.83. The van der Waals surface area contributed by atoms with E-state index in [0.717, 1.165) is 46.6 Å². The molecule has 0 bridgehead atoms. The number of hydrogen-bond acceptors (Lipinski definition) is 5. The average molecular weight is 283 g/mol. The molecule has 0 spiro atoms. The van der Waals surface area contributed by atoms with Crippen LogP contribution in [0.15, 0.2) is 30.6 Å². The van der Waals surface area contributed by atoms with E-state index in [9.17, 15) is 5.11 Å². The maximum Gasteiger partial charge on any atom is 0.124 e. The summed E-state index contributed by atoms with van der Waals surface area (Å²) >= 11 is 1.68. The minimum Gasteiger partial charge on any atom is -0.387 e. The summed E-state index contributed by atoms with van der Waals surface area (Å²) in [6, 6.07) is 6.00. The largest absolute Gasteiger partial charge is 0.387 e. The molecule has 0 saturated heterocycles. The lowest BCUT2D eigenvalue weighted by molar-refractivity contribution is 0.153. The van der Waals surface area contributed by atoms with Crippen molar-refractivity contribution < 1.29 is 5.11 Å². The van der Waals surface area contributed by atoms with Gasteiger partial charge in [-0.1, -0.05) is 0 Å². The Morgan fingerprint density at radius 3 is 2.85 bits per heavy atom. The highest BCUT2D eigenvalue weighted by Gasteiger charge is 2.23. The van der Waals surface area contributed by atoms with Crippen molar-refractivity contribution in [2.24, 2.45) is 0 Å². The van der Waals surface area contributed by atoms with Crippen molar-refractivity contribution in [3.05, 3.63) is 41.2 Å². The van der Waals surface area contributed by atoms with Gasteiger partial charge in [0.05, 0.1) is 22.8 Å². The number of aryl methyl sites for hydroxylation is 1. The second-order valence-corrected chi connectivity index (χ2v) is 6.08. The van der Waals surface area contributed by atoms with Crippen LogP contribution in [0.4, 0.5) is 0 Å². The second-order valence-electron chi connectivity index (χ2n) is 5.00. The monoisotopic (exact) mass is 283 g/mol. The molecule has 0 saturated carbocycles. The summed E-state index contributed by atoms with van der Waals surface area (Å²) in [7, 11) is 0. The lowest BCUT2D eigenvalue weighted by Gasteiger charge is -2.14. The summed E-state index contributed by atoms with van der Waals surface area (Å²) < 4.78 is 0. The average Bonchev–Trinajstić information content (AvgIpc) is 2.92. The summed E-state index contributed by atoms with van der Waals surface area (Å²) in [6.07, 6.45) is 5.88. The van der Waals surface area contributed by atoms with Gasteiger partial charge in [-0.15, -0.1) is 11.3 Å². The number of hydrogen-bond donors (Lipinski definition) is 1. The third-order valence-electron chi connectivity index (χ3n) is 3.64. The minimum atomic E-state index is -0.399. The van der Waals surface area contributed by atoms with Gasteiger partial charge in [0.2, 0.25) is 0 Å². The molecule has 1 aromatic carbocycles. The topological polar surface area (TPSA) is 58.9 Å². The van der Waals surface area contributed by atoms with Crippen LogP contribution in [0.2, 0.25) is 0 Å². The molecule has 1 N–H and O–H groups in total. The van der Waals surface area contributed by atoms with Gasteiger partial charge in [-0.05, 0) is 37.5 Å². The quantitative estimate of drug-likeness (QED) is 0.745. The highest BCUT2D eigenvalue weighted by atomic mass is 32.1. The third kappa shape index (κ3) is 1.90. The highest BCUT2D eigenvalue weighted by molar-refractivity contribution is 7.15. The van der Waals surface area contributed by atoms with Crippen molar-refractivity contribution in [1.29, 1.82) is 0 Å². The van der Waals surface area contributed by atoms with Crippen LogP contribution in [-0.2, 0) is 6.42 Å². The van der Waals surface area contributed by atoms with Crippen molar-refractivity contribution >= 4 is 22.4 Å². The lowest BCUT2D eigenvalue weighted by atomic mass is 10.0. The Hall–Kier alpha value is -1.85. The van der Waals surface area contributed by atoms with E-state index in [1.54, 1.807) is 23.7 Å². The fourth-order valence-electron chi connectivity index (χ4n) is 2.62. The van der Waals surface area contributed by atoms with Crippen LogP contribution in [-0.4, -0.2) is 20.1 Å². The summed E-state index contributed by atoms with van der Waals surface area (Å²) in [5.41, 5.74) is 3.68. The first kappa shape index (κ1) is 11.9. The maximum absolute atomic E-state index is 10.0. The molecule has 0 fully saturated rings. The molecule has 1 atom stereocenters. The molecule has 1 unspecified atom stereocenters. The molecule has 3 aromatic rings. The molecule has 2 aromatic heterocycles. The zero-order chi connectivity index (χ0) is 13.5. The van der Waals surface area contributed by atoms with Crippen molar-refractivity contribution in [2.75, 3.05) is 0 Å². The minimum absolute atomic E-state index is 0.399. The maximum atomic E-state index is 10.0. The standard InChI is InChI=1S/C15H13N3OS/c19-12-2-1-3-13-14(12)18-15(20-13)9-4-5-10-11(8-9)17-7-6-16-10/h4-8,12,19H,1-3H2. The van der Waals surface area contributed by atoms with Crippen molar-refractivity contribution in [2.45, 2.75) is 25.4 Å². The Morgan fingerprint density at radius 1 is 1.15 bits per heavy atom. The van der Waals surface area contributed by atoms with Gasteiger partial charge in [-0.2, -0.15) is 0 Å². The number of aliphatic hydroxyl groups is 1. The molecule has 0 radical (unpaired) electrons. The fraction of sp³-hybridized carbons (Fsp3) is 0.267. The van der Waals surface area contributed by atoms with Crippen molar-refractivity contribution in [3.63, 3.8) is 0 Å². The third-order valence-corrected chi connectivity index (χ3v) is 4.82. The van der Waals surface area contributed by atoms with E-state index in [2.05, 4.69) is 15.0 Å². The number of aliphatic hydroxyl groups excluding tert-OH is 1. The van der Waals surface area contributed by atoms with Crippen LogP contribution in [0.1, 0.15) is 29.5 Å². The molecule has 1 aliphatic rings. The van der Waals surface area contributed by atoms with E-state index in [1.807, 2.05) is 18.2 Å². The van der Waals surface area contributed by atoms with E-state index < -0.39 is 6.10 Å². The number of benzene rings is 1. The van der Waals surface area contributed by atoms with Crippen LogP contribution in [0, 0.1) is 0 Å². The molecule has 1 aliphatic carbocycles. The first-order chi connectivity index (χ1) is 9.81. The van der Waals surface area contributed by atoms with Crippen LogP contribution in [0.3, 0.4) is 0 Å². The molecular formula is C15H13N3OS. The molecule has 5 heteroatoms. The number of aromatic nitrogens is 3. The second kappa shape index (κ2) is 4.61. The van der Waals surface area contributed by atoms with Crippen molar-refractivity contribution in [1.82, 2.24) is 15.0 Å². The molecule has 100 valence electrons. The van der Waals surface area contributed by atoms with E-state index in [1.165, 1.54) is 4.88 Å². The molecular weight excluding hydrogens is 270 g/mol. The number of fused-ring (bicyclic) bond motifs is 2. The Labute approximate surface area is 120 Å². The summed E-state index contributed by atoms with van der Waals surface area (Å²) in [5.74, 6) is 0. The molecule has 4 nitrogen and oxygen atoms in total. The predicted molar refractivity (Wildman–Crippen MR) is 78.5 cm³/mol. The lowest BCUT2D eigenvalue weighted by Crippen LogP contribution is -2.07. The van der Waals surface area contributed by atoms with Gasteiger partial charge in [0.25, 0.3) is 0 Å². The molecule has 0 aliphatic heterocycles. The van der Waals surface area contributed by atoms with E-state index in [-0.39, 0.29) is 0 Å². The summed E-state index contributed by atoms with van der Waals surface area (Å²) in [6.45, 7) is 0. The summed E-state index contributed by atoms with van der Waals surface area (Å²) in [5, 5.41) is 11.0. The number of rotatable bonds is 1. The first-order valence-corrected chi connectivity index (χ1v) is 7.52. The Kier molecular flexibility index (Phi) is 2.75. The van der Waals surface area contributed by atoms with Gasteiger partial charge < -0.3 is 5.11 Å². The van der Waals surface area contributed by atoms with Gasteiger partial charge >= 0.3 is 0 Å². The van der Waals surface area contributed by atoms with Crippen LogP contribution >= 0.6 is 11.3 Å². The van der Waals surface area contributed by atoms with Crippen LogP contribution in [0.25, 0.3) is 21.6 Å². The normalized spacial score (nSPS) is 18.1. The number of nitrogens with zero attached hydrogens (tertiary/aromatic N) is 3. The Bertz CT molecular complexity index is 784. The molecule has 2 heterocycles. The SMILES string of the molecule is OC1CCCc2sc(-c3ccc4nccnc4c3)nc21. The molecule has 0 amide bonds. The van der Waals surface area contributed by atoms with Crippen LogP contribution in [0.5, 0.6) is 0 Å². The van der Waals surface area contributed by atoms with E-state index >= 15 is 0 Å².